The predicted molar refractivity (Wildman–Crippen MR) is 80.2 cm³/mol. The fourth-order valence-electron chi connectivity index (χ4n) is 2.97. The second-order valence-corrected chi connectivity index (χ2v) is 6.26. The average molecular weight is 383 g/mol. The Kier molecular flexibility index (Phi) is 7.27. The van der Waals surface area contributed by atoms with Gasteiger partial charge in [0.15, 0.2) is 12.6 Å². The molecule has 0 saturated carbocycles. The van der Waals surface area contributed by atoms with Gasteiger partial charge < -0.3 is 55.3 Å². The molecule has 10 atom stereocenters. The van der Waals surface area contributed by atoms with Crippen LogP contribution in [-0.4, -0.2) is 116 Å². The van der Waals surface area contributed by atoms with Crippen LogP contribution in [0.25, 0.3) is 0 Å². The van der Waals surface area contributed by atoms with Crippen molar-refractivity contribution in [3.8, 4) is 0 Å². The molecule has 2 rings (SSSR count). The van der Waals surface area contributed by atoms with Crippen molar-refractivity contribution in [2.75, 3.05) is 13.2 Å². The van der Waals surface area contributed by atoms with Gasteiger partial charge >= 0.3 is 0 Å². The van der Waals surface area contributed by atoms with E-state index in [2.05, 4.69) is 5.32 Å². The smallest absolute Gasteiger partial charge is 0.217 e. The summed E-state index contributed by atoms with van der Waals surface area (Å²) >= 11 is 0. The summed E-state index contributed by atoms with van der Waals surface area (Å²) in [6.07, 6.45) is -13.7. The number of hydrogen-bond donors (Lipinski definition) is 8. The average Bonchev–Trinajstić information content (AvgIpc) is 2.60. The first-order valence-electron chi connectivity index (χ1n) is 8.06. The highest BCUT2D eigenvalue weighted by Crippen LogP contribution is 2.28. The molecule has 0 bridgehead atoms. The van der Waals surface area contributed by atoms with E-state index >= 15 is 0 Å². The summed E-state index contributed by atoms with van der Waals surface area (Å²) in [6.45, 7) is -0.195. The molecule has 0 aromatic heterocycles. The quantitative estimate of drug-likeness (QED) is 0.226. The molecule has 0 aliphatic carbocycles. The van der Waals surface area contributed by atoms with E-state index < -0.39 is 80.5 Å². The SMILES string of the molecule is CC(=O)N[C@H]1C(O)O[C@H](CO)[C@H](O)[C@@H]1O[C@H]1O[C@H](CO)[C@H](O)[C@H](O)[C@H]1O. The number of carbonyl (C=O) groups is 1. The third-order valence-corrected chi connectivity index (χ3v) is 4.38. The molecule has 0 spiro atoms. The van der Waals surface area contributed by atoms with E-state index in [0.717, 1.165) is 6.92 Å². The molecule has 2 aliphatic rings. The number of rotatable bonds is 5. The maximum atomic E-state index is 11.4. The Morgan fingerprint density at radius 3 is 2.04 bits per heavy atom. The monoisotopic (exact) mass is 383 g/mol. The lowest BCUT2D eigenvalue weighted by Gasteiger charge is -2.46. The number of hydrogen-bond acceptors (Lipinski definition) is 11. The van der Waals surface area contributed by atoms with Crippen LogP contribution >= 0.6 is 0 Å². The van der Waals surface area contributed by atoms with Gasteiger partial charge in [-0.1, -0.05) is 0 Å². The molecule has 26 heavy (non-hydrogen) atoms. The summed E-state index contributed by atoms with van der Waals surface area (Å²) in [6, 6.07) is -1.28. The molecule has 2 aliphatic heterocycles. The molecule has 0 aromatic rings. The lowest BCUT2D eigenvalue weighted by atomic mass is 9.95. The Hall–Kier alpha value is -0.930. The summed E-state index contributed by atoms with van der Waals surface area (Å²) in [5.74, 6) is -0.574. The van der Waals surface area contributed by atoms with Crippen LogP contribution in [-0.2, 0) is 19.0 Å². The Labute approximate surface area is 148 Å². The summed E-state index contributed by atoms with van der Waals surface area (Å²) in [5, 5.41) is 70.7. The topological polar surface area (TPSA) is 198 Å². The molecule has 12 nitrogen and oxygen atoms in total. The Bertz CT molecular complexity index is 478. The van der Waals surface area contributed by atoms with E-state index in [1.807, 2.05) is 0 Å². The highest BCUT2D eigenvalue weighted by atomic mass is 16.7. The molecule has 2 saturated heterocycles. The second-order valence-electron chi connectivity index (χ2n) is 6.26. The van der Waals surface area contributed by atoms with Crippen molar-refractivity contribution in [2.45, 2.75) is 68.3 Å². The minimum absolute atomic E-state index is 0.574. The van der Waals surface area contributed by atoms with Crippen LogP contribution in [0, 0.1) is 0 Å². The van der Waals surface area contributed by atoms with Gasteiger partial charge in [-0.25, -0.2) is 0 Å². The third kappa shape index (κ3) is 4.31. The van der Waals surface area contributed by atoms with Gasteiger partial charge in [-0.15, -0.1) is 0 Å². The van der Waals surface area contributed by atoms with Gasteiger partial charge in [0.25, 0.3) is 0 Å². The van der Waals surface area contributed by atoms with E-state index in [1.165, 1.54) is 0 Å². The first-order chi connectivity index (χ1) is 12.2. The molecule has 0 aromatic carbocycles. The fraction of sp³-hybridized carbons (Fsp3) is 0.929. The predicted octanol–water partition coefficient (Wildman–Crippen LogP) is -5.25. The highest BCUT2D eigenvalue weighted by Gasteiger charge is 2.50. The molecular weight excluding hydrogens is 358 g/mol. The largest absolute Gasteiger partial charge is 0.394 e. The van der Waals surface area contributed by atoms with E-state index in [4.69, 9.17) is 14.2 Å². The summed E-state index contributed by atoms with van der Waals surface area (Å²) < 4.78 is 15.7. The zero-order valence-corrected chi connectivity index (χ0v) is 14.0. The van der Waals surface area contributed by atoms with Crippen LogP contribution in [0.1, 0.15) is 6.92 Å². The zero-order valence-electron chi connectivity index (χ0n) is 14.0. The van der Waals surface area contributed by atoms with Crippen molar-refractivity contribution >= 4 is 5.91 Å². The second kappa shape index (κ2) is 8.84. The molecule has 0 radical (unpaired) electrons. The highest BCUT2D eigenvalue weighted by molar-refractivity contribution is 5.73. The van der Waals surface area contributed by atoms with Crippen molar-refractivity contribution < 1.29 is 54.8 Å². The van der Waals surface area contributed by atoms with Crippen molar-refractivity contribution in [3.05, 3.63) is 0 Å². The van der Waals surface area contributed by atoms with Gasteiger partial charge in [-0.3, -0.25) is 4.79 Å². The van der Waals surface area contributed by atoms with Crippen LogP contribution in [0.5, 0.6) is 0 Å². The lowest BCUT2D eigenvalue weighted by Crippen LogP contribution is -2.67. The van der Waals surface area contributed by atoms with E-state index in [0.29, 0.717) is 0 Å². The minimum atomic E-state index is -1.74. The Morgan fingerprint density at radius 2 is 1.50 bits per heavy atom. The van der Waals surface area contributed by atoms with Gasteiger partial charge in [0.2, 0.25) is 5.91 Å². The van der Waals surface area contributed by atoms with Crippen molar-refractivity contribution in [2.24, 2.45) is 0 Å². The molecular formula is C14H25NO11. The Balaban J connectivity index is 2.21. The third-order valence-electron chi connectivity index (χ3n) is 4.38. The number of carbonyl (C=O) groups excluding carboxylic acids is 1. The van der Waals surface area contributed by atoms with Crippen LogP contribution < -0.4 is 5.32 Å². The molecule has 2 heterocycles. The van der Waals surface area contributed by atoms with Gasteiger partial charge in [0.1, 0.15) is 48.8 Å². The summed E-state index contributed by atoms with van der Waals surface area (Å²) in [5.41, 5.74) is 0. The minimum Gasteiger partial charge on any atom is -0.394 e. The van der Waals surface area contributed by atoms with Crippen LogP contribution in [0.4, 0.5) is 0 Å². The van der Waals surface area contributed by atoms with Crippen LogP contribution in [0.2, 0.25) is 0 Å². The van der Waals surface area contributed by atoms with E-state index in [9.17, 15) is 40.5 Å². The molecule has 2 fully saturated rings. The van der Waals surface area contributed by atoms with Gasteiger partial charge in [0, 0.05) is 6.92 Å². The first-order valence-corrected chi connectivity index (χ1v) is 8.06. The number of ether oxygens (including phenoxy) is 3. The number of aliphatic hydroxyl groups is 7. The molecule has 152 valence electrons. The summed E-state index contributed by atoms with van der Waals surface area (Å²) in [7, 11) is 0. The normalized spacial score (nSPS) is 46.8. The van der Waals surface area contributed by atoms with Crippen molar-refractivity contribution in [3.63, 3.8) is 0 Å². The van der Waals surface area contributed by atoms with Gasteiger partial charge in [-0.05, 0) is 0 Å². The maximum absolute atomic E-state index is 11.4. The van der Waals surface area contributed by atoms with Gasteiger partial charge in [-0.2, -0.15) is 0 Å². The number of aliphatic hydroxyl groups excluding tert-OH is 7. The zero-order chi connectivity index (χ0) is 19.6. The lowest BCUT2D eigenvalue weighted by molar-refractivity contribution is -0.341. The van der Waals surface area contributed by atoms with E-state index in [-0.39, 0.29) is 0 Å². The number of nitrogens with one attached hydrogen (secondary N) is 1. The summed E-state index contributed by atoms with van der Waals surface area (Å²) in [4.78, 5) is 11.4. The Morgan fingerprint density at radius 1 is 0.923 bits per heavy atom. The van der Waals surface area contributed by atoms with Crippen molar-refractivity contribution in [1.82, 2.24) is 5.32 Å². The molecule has 8 N–H and O–H groups in total. The molecule has 1 amide bonds. The van der Waals surface area contributed by atoms with Crippen LogP contribution in [0.3, 0.4) is 0 Å². The van der Waals surface area contributed by atoms with Crippen LogP contribution in [0.15, 0.2) is 0 Å². The van der Waals surface area contributed by atoms with Crippen molar-refractivity contribution in [1.29, 1.82) is 0 Å². The standard InChI is InChI=1S/C14H25NO11/c1-4(18)15-7-12(9(20)6(3-17)24-13(7)23)26-14-11(22)10(21)8(19)5(2-16)25-14/h5-14,16-17,19-23H,2-3H2,1H3,(H,15,18)/t5-,6-,7-,8+,9+,10+,11-,12-,13?,14-/m1/s1. The molecule has 12 heteroatoms. The van der Waals surface area contributed by atoms with Gasteiger partial charge in [0.05, 0.1) is 13.2 Å². The van der Waals surface area contributed by atoms with E-state index in [1.54, 1.807) is 0 Å². The fourth-order valence-corrected chi connectivity index (χ4v) is 2.97. The first kappa shape index (κ1) is 21.4. The molecule has 1 unspecified atom stereocenters. The number of amides is 1. The maximum Gasteiger partial charge on any atom is 0.217 e.